The van der Waals surface area contributed by atoms with Gasteiger partial charge in [-0.3, -0.25) is 4.68 Å². The third-order valence-corrected chi connectivity index (χ3v) is 8.49. The molecule has 8 nitrogen and oxygen atoms in total. The van der Waals surface area contributed by atoms with Crippen molar-refractivity contribution in [1.29, 1.82) is 0 Å². The van der Waals surface area contributed by atoms with Gasteiger partial charge in [0.25, 0.3) is 0 Å². The molecular formula is C25H29FN6O2S. The summed E-state index contributed by atoms with van der Waals surface area (Å²) in [6.45, 7) is 7.66. The summed E-state index contributed by atoms with van der Waals surface area (Å²) < 4.78 is 45.1. The van der Waals surface area contributed by atoms with Crippen molar-refractivity contribution in [2.45, 2.75) is 50.7 Å². The average molecular weight is 497 g/mol. The van der Waals surface area contributed by atoms with E-state index in [4.69, 9.17) is 0 Å². The highest BCUT2D eigenvalue weighted by Crippen LogP contribution is 2.30. The Kier molecular flexibility index (Phi) is 6.10. The van der Waals surface area contributed by atoms with Crippen LogP contribution < -0.4 is 4.90 Å². The zero-order valence-corrected chi connectivity index (χ0v) is 20.9. The van der Waals surface area contributed by atoms with E-state index < -0.39 is 10.0 Å². The molecule has 1 fully saturated rings. The molecule has 1 aliphatic heterocycles. The summed E-state index contributed by atoms with van der Waals surface area (Å²) in [5.74, 6) is -0.286. The Morgan fingerprint density at radius 1 is 0.971 bits per heavy atom. The van der Waals surface area contributed by atoms with Crippen LogP contribution in [-0.2, 0) is 16.6 Å². The first-order chi connectivity index (χ1) is 16.8. The van der Waals surface area contributed by atoms with E-state index in [1.54, 1.807) is 38.2 Å². The number of sulfonamides is 1. The van der Waals surface area contributed by atoms with Crippen LogP contribution in [0.25, 0.3) is 16.6 Å². The van der Waals surface area contributed by atoms with Gasteiger partial charge in [-0.2, -0.15) is 14.5 Å². The second-order valence-electron chi connectivity index (χ2n) is 9.14. The van der Waals surface area contributed by atoms with Gasteiger partial charge < -0.3 is 4.90 Å². The van der Waals surface area contributed by atoms with E-state index in [0.29, 0.717) is 19.6 Å². The molecule has 0 saturated carbocycles. The molecule has 0 unspecified atom stereocenters. The van der Waals surface area contributed by atoms with Crippen LogP contribution >= 0.6 is 0 Å². The van der Waals surface area contributed by atoms with E-state index in [2.05, 4.69) is 21.2 Å². The number of halogens is 1. The molecule has 2 aromatic carbocycles. The van der Waals surface area contributed by atoms with Gasteiger partial charge in [0.15, 0.2) is 0 Å². The highest BCUT2D eigenvalue weighted by atomic mass is 32.2. The molecule has 0 radical (unpaired) electrons. The van der Waals surface area contributed by atoms with Crippen molar-refractivity contribution in [2.24, 2.45) is 0 Å². The van der Waals surface area contributed by atoms with E-state index in [1.165, 1.54) is 18.3 Å². The van der Waals surface area contributed by atoms with Gasteiger partial charge >= 0.3 is 0 Å². The molecule has 1 aliphatic rings. The van der Waals surface area contributed by atoms with E-state index in [1.807, 2.05) is 32.9 Å². The molecule has 5 rings (SSSR count). The Labute approximate surface area is 204 Å². The minimum absolute atomic E-state index is 0.0174. The average Bonchev–Trinajstić information content (AvgIpc) is 3.48. The quantitative estimate of drug-likeness (QED) is 0.402. The molecule has 2 atom stereocenters. The number of piperazine rings is 1. The van der Waals surface area contributed by atoms with Crippen molar-refractivity contribution >= 4 is 26.6 Å². The number of hydrogen-bond acceptors (Lipinski definition) is 5. The molecule has 2 aromatic heterocycles. The molecule has 0 aliphatic carbocycles. The first-order valence-corrected chi connectivity index (χ1v) is 13.3. The number of hydrogen-bond donors (Lipinski definition) is 0. The van der Waals surface area contributed by atoms with E-state index in [9.17, 15) is 12.8 Å². The number of benzene rings is 2. The zero-order chi connectivity index (χ0) is 24.7. The standard InChI is InChI=1S/C25H29FN6O2S/c1-4-11-29-17-24(14-27-29)35(33,34)31-16-18(2)30(15-19(31)3)23-9-10-25-20(12-23)13-28-32(25)22-7-5-21(26)6-8-22/h5-10,12-14,17-19H,4,11,15-16H2,1-3H3/t18-,19+/m0/s1. The number of rotatable bonds is 6. The summed E-state index contributed by atoms with van der Waals surface area (Å²) in [6.07, 6.45) is 5.75. The molecule has 1 saturated heterocycles. The number of aromatic nitrogens is 4. The SMILES string of the molecule is CCCn1cc(S(=O)(=O)N2C[C@H](C)N(c3ccc4c(cnn4-c4ccc(F)cc4)c3)C[C@H]2C)cn1. The summed E-state index contributed by atoms with van der Waals surface area (Å²) in [5, 5.41) is 9.66. The summed E-state index contributed by atoms with van der Waals surface area (Å²) >= 11 is 0. The highest BCUT2D eigenvalue weighted by molar-refractivity contribution is 7.89. The lowest BCUT2D eigenvalue weighted by Crippen LogP contribution is -2.58. The molecule has 0 bridgehead atoms. The van der Waals surface area contributed by atoms with Gasteiger partial charge in [-0.1, -0.05) is 6.92 Å². The number of aryl methyl sites for hydroxylation is 1. The molecule has 4 aromatic rings. The molecule has 0 spiro atoms. The third kappa shape index (κ3) is 4.32. The fraction of sp³-hybridized carbons (Fsp3) is 0.360. The second kappa shape index (κ2) is 9.09. The van der Waals surface area contributed by atoms with E-state index in [-0.39, 0.29) is 22.8 Å². The topological polar surface area (TPSA) is 76.3 Å². The number of fused-ring (bicyclic) bond motifs is 1. The summed E-state index contributed by atoms with van der Waals surface area (Å²) in [7, 11) is -3.63. The molecule has 0 amide bonds. The van der Waals surface area contributed by atoms with Crippen molar-refractivity contribution < 1.29 is 12.8 Å². The minimum Gasteiger partial charge on any atom is -0.366 e. The van der Waals surface area contributed by atoms with Gasteiger partial charge in [0.1, 0.15) is 10.7 Å². The zero-order valence-electron chi connectivity index (χ0n) is 20.0. The fourth-order valence-corrected chi connectivity index (χ4v) is 6.40. The smallest absolute Gasteiger partial charge is 0.246 e. The van der Waals surface area contributed by atoms with Gasteiger partial charge in [-0.05, 0) is 62.7 Å². The Bertz CT molecular complexity index is 1450. The third-order valence-electron chi connectivity index (χ3n) is 6.55. The highest BCUT2D eigenvalue weighted by Gasteiger charge is 2.37. The normalized spacial score (nSPS) is 19.5. The Morgan fingerprint density at radius 2 is 1.71 bits per heavy atom. The monoisotopic (exact) mass is 496 g/mol. The van der Waals surface area contributed by atoms with Crippen LogP contribution in [0.4, 0.5) is 10.1 Å². The van der Waals surface area contributed by atoms with Crippen molar-refractivity contribution in [2.75, 3.05) is 18.0 Å². The summed E-state index contributed by atoms with van der Waals surface area (Å²) in [5.41, 5.74) is 2.73. The lowest BCUT2D eigenvalue weighted by atomic mass is 10.1. The van der Waals surface area contributed by atoms with Crippen molar-refractivity contribution in [3.63, 3.8) is 0 Å². The predicted octanol–water partition coefficient (Wildman–Crippen LogP) is 4.06. The fourth-order valence-electron chi connectivity index (χ4n) is 4.74. The maximum atomic E-state index is 13.4. The van der Waals surface area contributed by atoms with Gasteiger partial charge in [0, 0.05) is 49.0 Å². The Balaban J connectivity index is 1.38. The van der Waals surface area contributed by atoms with Crippen LogP contribution in [0.15, 0.2) is 66.0 Å². The lowest BCUT2D eigenvalue weighted by Gasteiger charge is -2.44. The van der Waals surface area contributed by atoms with Gasteiger partial charge in [-0.15, -0.1) is 0 Å². The second-order valence-corrected chi connectivity index (χ2v) is 11.0. The molecular weight excluding hydrogens is 467 g/mol. The molecule has 35 heavy (non-hydrogen) atoms. The van der Waals surface area contributed by atoms with Crippen molar-refractivity contribution in [3.8, 4) is 5.69 Å². The van der Waals surface area contributed by atoms with Crippen LogP contribution in [0.2, 0.25) is 0 Å². The minimum atomic E-state index is -3.63. The Morgan fingerprint density at radius 3 is 2.46 bits per heavy atom. The largest absolute Gasteiger partial charge is 0.366 e. The summed E-state index contributed by atoms with van der Waals surface area (Å²) in [6, 6.07) is 12.1. The van der Waals surface area contributed by atoms with E-state index >= 15 is 0 Å². The van der Waals surface area contributed by atoms with Crippen LogP contribution in [-0.4, -0.2) is 57.5 Å². The van der Waals surface area contributed by atoms with E-state index in [0.717, 1.165) is 28.7 Å². The van der Waals surface area contributed by atoms with Crippen molar-refractivity contribution in [3.05, 3.63) is 66.9 Å². The maximum Gasteiger partial charge on any atom is 0.246 e. The molecule has 10 heteroatoms. The first kappa shape index (κ1) is 23.5. The van der Waals surface area contributed by atoms with Crippen molar-refractivity contribution in [1.82, 2.24) is 23.9 Å². The van der Waals surface area contributed by atoms with Crippen LogP contribution in [0.1, 0.15) is 27.2 Å². The predicted molar refractivity (Wildman–Crippen MR) is 134 cm³/mol. The molecule has 3 heterocycles. The maximum absolute atomic E-state index is 13.4. The van der Waals surface area contributed by atoms with Gasteiger partial charge in [0.05, 0.1) is 23.6 Å². The lowest BCUT2D eigenvalue weighted by molar-refractivity contribution is 0.273. The number of anilines is 1. The van der Waals surface area contributed by atoms with Gasteiger partial charge in [0.2, 0.25) is 10.0 Å². The van der Waals surface area contributed by atoms with Crippen LogP contribution in [0.3, 0.4) is 0 Å². The van der Waals surface area contributed by atoms with Gasteiger partial charge in [-0.25, -0.2) is 17.5 Å². The Hall–Kier alpha value is -3.24. The van der Waals surface area contributed by atoms with Crippen LogP contribution in [0.5, 0.6) is 0 Å². The summed E-state index contributed by atoms with van der Waals surface area (Å²) in [4.78, 5) is 2.49. The first-order valence-electron chi connectivity index (χ1n) is 11.8. The molecule has 0 N–H and O–H groups in total. The van der Waals surface area contributed by atoms with Crippen LogP contribution in [0, 0.1) is 5.82 Å². The molecule has 184 valence electrons. The number of nitrogens with zero attached hydrogens (tertiary/aromatic N) is 6.